The summed E-state index contributed by atoms with van der Waals surface area (Å²) in [5.74, 6) is 0. The summed E-state index contributed by atoms with van der Waals surface area (Å²) in [5, 5.41) is 2.02. The molecule has 0 aliphatic rings. The number of benzene rings is 1. The molecule has 1 aromatic heterocycles. The zero-order chi connectivity index (χ0) is 10.7. The molecule has 2 rings (SSSR count). The van der Waals surface area contributed by atoms with Gasteiger partial charge in [-0.2, -0.15) is 0 Å². The maximum absolute atomic E-state index is 6.37. The first-order valence-electron chi connectivity index (χ1n) is 4.86. The molecule has 0 radical (unpaired) electrons. The first kappa shape index (κ1) is 10.4. The van der Waals surface area contributed by atoms with Crippen LogP contribution in [-0.4, -0.2) is 6.54 Å². The first-order chi connectivity index (χ1) is 7.27. The van der Waals surface area contributed by atoms with Crippen molar-refractivity contribution < 1.29 is 0 Å². The average Bonchev–Trinajstić information content (AvgIpc) is 2.83. The van der Waals surface area contributed by atoms with E-state index in [0.717, 1.165) is 10.4 Å². The van der Waals surface area contributed by atoms with Crippen LogP contribution in [0, 0.1) is 0 Å². The van der Waals surface area contributed by atoms with Gasteiger partial charge in [0.25, 0.3) is 0 Å². The Morgan fingerprint density at radius 2 is 1.80 bits per heavy atom. The van der Waals surface area contributed by atoms with Gasteiger partial charge in [-0.05, 0) is 17.0 Å². The highest BCUT2D eigenvalue weighted by atomic mass is 32.1. The fraction of sp³-hybridized carbons (Fsp3) is 0.167. The van der Waals surface area contributed by atoms with Crippen LogP contribution >= 0.6 is 11.3 Å². The lowest BCUT2D eigenvalue weighted by molar-refractivity contribution is 0.563. The van der Waals surface area contributed by atoms with Gasteiger partial charge in [0.2, 0.25) is 0 Å². The highest BCUT2D eigenvalue weighted by molar-refractivity contribution is 7.10. The Kier molecular flexibility index (Phi) is 2.86. The summed E-state index contributed by atoms with van der Waals surface area (Å²) in [6, 6.07) is 14.0. The van der Waals surface area contributed by atoms with Gasteiger partial charge in [-0.25, -0.2) is 0 Å². The molecule has 0 spiro atoms. The molecule has 1 heterocycles. The molecule has 78 valence electrons. The maximum Gasteiger partial charge on any atom is 0.0883 e. The van der Waals surface area contributed by atoms with Crippen LogP contribution in [0.3, 0.4) is 0 Å². The minimum absolute atomic E-state index is 0.414. The molecule has 1 unspecified atom stereocenters. The van der Waals surface area contributed by atoms with E-state index in [2.05, 4.69) is 0 Å². The number of nitrogens with two attached hydrogens (primary N) is 2. The monoisotopic (exact) mass is 218 g/mol. The SMILES string of the molecule is NCC(N)(c1ccccc1)c1cccs1. The van der Waals surface area contributed by atoms with Crippen molar-refractivity contribution in [3.63, 3.8) is 0 Å². The molecule has 2 aromatic rings. The normalized spacial score (nSPS) is 14.8. The molecular formula is C12H14N2S. The van der Waals surface area contributed by atoms with Crippen molar-refractivity contribution in [2.24, 2.45) is 11.5 Å². The lowest BCUT2D eigenvalue weighted by Gasteiger charge is -2.27. The van der Waals surface area contributed by atoms with E-state index < -0.39 is 5.54 Å². The zero-order valence-corrected chi connectivity index (χ0v) is 9.21. The van der Waals surface area contributed by atoms with Gasteiger partial charge in [0.05, 0.1) is 5.54 Å². The van der Waals surface area contributed by atoms with Crippen LogP contribution in [0.2, 0.25) is 0 Å². The van der Waals surface area contributed by atoms with Crippen molar-refractivity contribution in [2.45, 2.75) is 5.54 Å². The van der Waals surface area contributed by atoms with Gasteiger partial charge in [0.1, 0.15) is 0 Å². The van der Waals surface area contributed by atoms with Crippen LogP contribution in [0.4, 0.5) is 0 Å². The number of hydrogen-bond acceptors (Lipinski definition) is 3. The smallest absolute Gasteiger partial charge is 0.0883 e. The highest BCUT2D eigenvalue weighted by Crippen LogP contribution is 2.29. The summed E-state index contributed by atoms with van der Waals surface area (Å²) < 4.78 is 0. The second kappa shape index (κ2) is 4.14. The molecule has 0 saturated carbocycles. The summed E-state index contributed by atoms with van der Waals surface area (Å²) in [6.45, 7) is 0.414. The van der Waals surface area contributed by atoms with Gasteiger partial charge in [0, 0.05) is 11.4 Å². The summed E-state index contributed by atoms with van der Waals surface area (Å²) in [4.78, 5) is 1.11. The molecule has 0 fully saturated rings. The predicted octanol–water partition coefficient (Wildman–Crippen LogP) is 1.91. The molecular weight excluding hydrogens is 204 g/mol. The summed E-state index contributed by atoms with van der Waals surface area (Å²) >= 11 is 1.64. The van der Waals surface area contributed by atoms with Crippen molar-refractivity contribution in [1.29, 1.82) is 0 Å². The van der Waals surface area contributed by atoms with E-state index in [4.69, 9.17) is 11.5 Å². The third-order valence-electron chi connectivity index (χ3n) is 2.57. The fourth-order valence-corrected chi connectivity index (χ4v) is 2.50. The molecule has 0 amide bonds. The Morgan fingerprint density at radius 1 is 1.07 bits per heavy atom. The van der Waals surface area contributed by atoms with Gasteiger partial charge >= 0.3 is 0 Å². The summed E-state index contributed by atoms with van der Waals surface area (Å²) in [7, 11) is 0. The molecule has 2 nitrogen and oxygen atoms in total. The van der Waals surface area contributed by atoms with E-state index >= 15 is 0 Å². The minimum Gasteiger partial charge on any atom is -0.328 e. The molecule has 0 aliphatic carbocycles. The quantitative estimate of drug-likeness (QED) is 0.827. The molecule has 4 N–H and O–H groups in total. The van der Waals surface area contributed by atoms with E-state index in [-0.39, 0.29) is 0 Å². The Balaban J connectivity index is 2.47. The van der Waals surface area contributed by atoms with Crippen molar-refractivity contribution in [2.75, 3.05) is 6.54 Å². The molecule has 1 atom stereocenters. The molecule has 1 aromatic carbocycles. The topological polar surface area (TPSA) is 52.0 Å². The van der Waals surface area contributed by atoms with Crippen LogP contribution < -0.4 is 11.5 Å². The van der Waals surface area contributed by atoms with Gasteiger partial charge in [0.15, 0.2) is 0 Å². The van der Waals surface area contributed by atoms with Crippen LogP contribution in [0.5, 0.6) is 0 Å². The lowest BCUT2D eigenvalue weighted by Crippen LogP contribution is -2.44. The van der Waals surface area contributed by atoms with Crippen molar-refractivity contribution >= 4 is 11.3 Å². The van der Waals surface area contributed by atoms with E-state index in [1.165, 1.54) is 0 Å². The van der Waals surface area contributed by atoms with Gasteiger partial charge in [-0.1, -0.05) is 36.4 Å². The Hall–Kier alpha value is -1.16. The molecule has 0 bridgehead atoms. The van der Waals surface area contributed by atoms with Gasteiger partial charge in [-0.15, -0.1) is 11.3 Å². The Labute approximate surface area is 93.5 Å². The van der Waals surface area contributed by atoms with Crippen molar-refractivity contribution in [3.05, 3.63) is 58.3 Å². The van der Waals surface area contributed by atoms with E-state index in [0.29, 0.717) is 6.54 Å². The van der Waals surface area contributed by atoms with Crippen molar-refractivity contribution in [3.8, 4) is 0 Å². The number of hydrogen-bond donors (Lipinski definition) is 2. The molecule has 0 saturated heterocycles. The second-order valence-corrected chi connectivity index (χ2v) is 4.47. The Morgan fingerprint density at radius 3 is 2.33 bits per heavy atom. The summed E-state index contributed by atoms with van der Waals surface area (Å²) in [6.07, 6.45) is 0. The molecule has 3 heteroatoms. The van der Waals surface area contributed by atoms with E-state index in [1.54, 1.807) is 11.3 Å². The zero-order valence-electron chi connectivity index (χ0n) is 8.39. The van der Waals surface area contributed by atoms with Crippen LogP contribution in [0.25, 0.3) is 0 Å². The first-order valence-corrected chi connectivity index (χ1v) is 5.74. The van der Waals surface area contributed by atoms with E-state index in [1.807, 2.05) is 47.8 Å². The van der Waals surface area contributed by atoms with Gasteiger partial charge < -0.3 is 11.5 Å². The molecule has 0 aliphatic heterocycles. The second-order valence-electron chi connectivity index (χ2n) is 3.52. The fourth-order valence-electron chi connectivity index (χ4n) is 1.63. The number of rotatable bonds is 3. The summed E-state index contributed by atoms with van der Waals surface area (Å²) in [5.41, 5.74) is 12.7. The molecule has 15 heavy (non-hydrogen) atoms. The number of thiophene rings is 1. The van der Waals surface area contributed by atoms with Gasteiger partial charge in [-0.3, -0.25) is 0 Å². The highest BCUT2D eigenvalue weighted by Gasteiger charge is 2.28. The Bertz CT molecular complexity index is 410. The van der Waals surface area contributed by atoms with E-state index in [9.17, 15) is 0 Å². The minimum atomic E-state index is -0.546. The van der Waals surface area contributed by atoms with Crippen molar-refractivity contribution in [1.82, 2.24) is 0 Å². The maximum atomic E-state index is 6.37. The predicted molar refractivity (Wildman–Crippen MR) is 64.8 cm³/mol. The largest absolute Gasteiger partial charge is 0.328 e. The van der Waals surface area contributed by atoms with Crippen LogP contribution in [0.1, 0.15) is 10.4 Å². The lowest BCUT2D eigenvalue weighted by atomic mass is 9.89. The standard InChI is InChI=1S/C12H14N2S/c13-9-12(14,11-7-4-8-15-11)10-5-2-1-3-6-10/h1-8H,9,13-14H2. The third kappa shape index (κ3) is 1.81. The van der Waals surface area contributed by atoms with Crippen LogP contribution in [0.15, 0.2) is 47.8 Å². The third-order valence-corrected chi connectivity index (χ3v) is 3.62. The average molecular weight is 218 g/mol. The van der Waals surface area contributed by atoms with Crippen LogP contribution in [-0.2, 0) is 5.54 Å².